The fourth-order valence-corrected chi connectivity index (χ4v) is 1.80. The highest BCUT2D eigenvalue weighted by molar-refractivity contribution is 5.91. The van der Waals surface area contributed by atoms with Crippen LogP contribution in [0.1, 0.15) is 46.5 Å². The summed E-state index contributed by atoms with van der Waals surface area (Å²) in [4.78, 5) is 12.0. The summed E-state index contributed by atoms with van der Waals surface area (Å²) in [5.41, 5.74) is 0. The fraction of sp³-hybridized carbons (Fsp3) is 0.692. The molecule has 1 aromatic rings. The van der Waals surface area contributed by atoms with Crippen molar-refractivity contribution in [3.63, 3.8) is 0 Å². The minimum absolute atomic E-state index is 0.0994. The van der Waals surface area contributed by atoms with Crippen LogP contribution in [0.4, 0.5) is 5.82 Å². The lowest BCUT2D eigenvalue weighted by Crippen LogP contribution is -2.22. The SMILES string of the molecule is CCCCC(CC)C(=O)Nc1ccn(CC)n1. The quantitative estimate of drug-likeness (QED) is 0.792. The number of hydrogen-bond acceptors (Lipinski definition) is 2. The number of carbonyl (C=O) groups is 1. The van der Waals surface area contributed by atoms with Crippen molar-refractivity contribution in [2.45, 2.75) is 53.0 Å². The van der Waals surface area contributed by atoms with E-state index in [4.69, 9.17) is 0 Å². The molecule has 17 heavy (non-hydrogen) atoms. The largest absolute Gasteiger partial charge is 0.309 e. The van der Waals surface area contributed by atoms with Crippen LogP contribution in [0.3, 0.4) is 0 Å². The van der Waals surface area contributed by atoms with Crippen molar-refractivity contribution < 1.29 is 4.79 Å². The van der Waals surface area contributed by atoms with E-state index >= 15 is 0 Å². The Morgan fingerprint density at radius 2 is 2.24 bits per heavy atom. The number of rotatable bonds is 7. The Labute approximate surface area is 103 Å². The fourth-order valence-electron chi connectivity index (χ4n) is 1.80. The first kappa shape index (κ1) is 13.7. The molecular weight excluding hydrogens is 214 g/mol. The van der Waals surface area contributed by atoms with E-state index in [1.807, 2.05) is 23.9 Å². The van der Waals surface area contributed by atoms with Crippen LogP contribution in [0.15, 0.2) is 12.3 Å². The Morgan fingerprint density at radius 3 is 2.76 bits per heavy atom. The molecule has 1 rings (SSSR count). The lowest BCUT2D eigenvalue weighted by atomic mass is 9.98. The third-order valence-electron chi connectivity index (χ3n) is 2.99. The van der Waals surface area contributed by atoms with Gasteiger partial charge in [-0.25, -0.2) is 0 Å². The molecular formula is C13H23N3O. The topological polar surface area (TPSA) is 46.9 Å². The minimum Gasteiger partial charge on any atom is -0.309 e. The van der Waals surface area contributed by atoms with Crippen molar-refractivity contribution in [1.82, 2.24) is 9.78 Å². The van der Waals surface area contributed by atoms with Crippen LogP contribution in [0.5, 0.6) is 0 Å². The van der Waals surface area contributed by atoms with Gasteiger partial charge in [0.25, 0.3) is 0 Å². The summed E-state index contributed by atoms with van der Waals surface area (Å²) in [6.07, 6.45) is 5.97. The molecule has 1 atom stereocenters. The van der Waals surface area contributed by atoms with Crippen LogP contribution < -0.4 is 5.32 Å². The molecule has 1 N–H and O–H groups in total. The number of amides is 1. The molecule has 1 heterocycles. The Hall–Kier alpha value is -1.32. The van der Waals surface area contributed by atoms with Crippen LogP contribution in [-0.2, 0) is 11.3 Å². The van der Waals surface area contributed by atoms with Crippen molar-refractivity contribution in [3.8, 4) is 0 Å². The number of aromatic nitrogens is 2. The molecule has 0 saturated carbocycles. The molecule has 0 bridgehead atoms. The summed E-state index contributed by atoms with van der Waals surface area (Å²) < 4.78 is 1.81. The van der Waals surface area contributed by atoms with Gasteiger partial charge in [-0.1, -0.05) is 26.7 Å². The standard InChI is InChI=1S/C13H23N3O/c1-4-7-8-11(5-2)13(17)14-12-9-10-16(6-3)15-12/h9-11H,4-8H2,1-3H3,(H,14,15,17). The Balaban J connectivity index is 2.51. The van der Waals surface area contributed by atoms with Gasteiger partial charge in [-0.3, -0.25) is 9.48 Å². The maximum atomic E-state index is 12.0. The van der Waals surface area contributed by atoms with E-state index in [0.29, 0.717) is 5.82 Å². The zero-order valence-electron chi connectivity index (χ0n) is 11.1. The van der Waals surface area contributed by atoms with E-state index in [1.165, 1.54) is 0 Å². The number of carbonyl (C=O) groups excluding carboxylic acids is 1. The van der Waals surface area contributed by atoms with E-state index in [9.17, 15) is 4.79 Å². The minimum atomic E-state index is 0.0994. The monoisotopic (exact) mass is 237 g/mol. The first-order valence-electron chi connectivity index (χ1n) is 6.55. The van der Waals surface area contributed by atoms with Crippen LogP contribution in [-0.4, -0.2) is 15.7 Å². The molecule has 4 nitrogen and oxygen atoms in total. The molecule has 0 spiro atoms. The van der Waals surface area contributed by atoms with Crippen molar-refractivity contribution in [2.75, 3.05) is 5.32 Å². The molecule has 1 unspecified atom stereocenters. The van der Waals surface area contributed by atoms with Crippen molar-refractivity contribution >= 4 is 11.7 Å². The molecule has 0 radical (unpaired) electrons. The molecule has 0 aliphatic heterocycles. The van der Waals surface area contributed by atoms with Crippen LogP contribution in [0.2, 0.25) is 0 Å². The van der Waals surface area contributed by atoms with Gasteiger partial charge in [0.15, 0.2) is 5.82 Å². The van der Waals surface area contributed by atoms with Crippen molar-refractivity contribution in [3.05, 3.63) is 12.3 Å². The maximum absolute atomic E-state index is 12.0. The average molecular weight is 237 g/mol. The molecule has 0 aliphatic rings. The number of nitrogens with one attached hydrogen (secondary N) is 1. The number of aryl methyl sites for hydroxylation is 1. The Bertz CT molecular complexity index is 346. The normalized spacial score (nSPS) is 12.4. The number of hydrogen-bond donors (Lipinski definition) is 1. The second-order valence-electron chi connectivity index (χ2n) is 4.29. The van der Waals surface area contributed by atoms with E-state index in [0.717, 1.165) is 32.2 Å². The van der Waals surface area contributed by atoms with Crippen molar-refractivity contribution in [2.24, 2.45) is 5.92 Å². The van der Waals surface area contributed by atoms with Crippen LogP contribution >= 0.6 is 0 Å². The summed E-state index contributed by atoms with van der Waals surface area (Å²) in [6.45, 7) is 7.05. The van der Waals surface area contributed by atoms with E-state index < -0.39 is 0 Å². The van der Waals surface area contributed by atoms with Gasteiger partial charge in [0.2, 0.25) is 5.91 Å². The third-order valence-corrected chi connectivity index (χ3v) is 2.99. The van der Waals surface area contributed by atoms with Gasteiger partial charge in [0.1, 0.15) is 0 Å². The Morgan fingerprint density at radius 1 is 1.47 bits per heavy atom. The number of anilines is 1. The van der Waals surface area contributed by atoms with E-state index in [-0.39, 0.29) is 11.8 Å². The highest BCUT2D eigenvalue weighted by Gasteiger charge is 2.16. The molecule has 0 fully saturated rings. The maximum Gasteiger partial charge on any atom is 0.228 e. The zero-order valence-corrected chi connectivity index (χ0v) is 11.1. The highest BCUT2D eigenvalue weighted by atomic mass is 16.1. The summed E-state index contributed by atoms with van der Waals surface area (Å²) >= 11 is 0. The molecule has 0 saturated heterocycles. The lowest BCUT2D eigenvalue weighted by Gasteiger charge is -2.13. The van der Waals surface area contributed by atoms with E-state index in [1.54, 1.807) is 0 Å². The van der Waals surface area contributed by atoms with Gasteiger partial charge in [0.05, 0.1) is 0 Å². The molecule has 96 valence electrons. The van der Waals surface area contributed by atoms with Crippen molar-refractivity contribution in [1.29, 1.82) is 0 Å². The summed E-state index contributed by atoms with van der Waals surface area (Å²) in [7, 11) is 0. The van der Waals surface area contributed by atoms with E-state index in [2.05, 4.69) is 24.3 Å². The third kappa shape index (κ3) is 4.21. The van der Waals surface area contributed by atoms with Gasteiger partial charge in [-0.15, -0.1) is 0 Å². The smallest absolute Gasteiger partial charge is 0.228 e. The van der Waals surface area contributed by atoms with Crippen LogP contribution in [0.25, 0.3) is 0 Å². The first-order valence-corrected chi connectivity index (χ1v) is 6.55. The van der Waals surface area contributed by atoms with Gasteiger partial charge in [-0.05, 0) is 19.8 Å². The zero-order chi connectivity index (χ0) is 12.7. The summed E-state index contributed by atoms with van der Waals surface area (Å²) in [6, 6.07) is 1.84. The molecule has 1 amide bonds. The Kier molecular flexibility index (Phi) is 5.73. The lowest BCUT2D eigenvalue weighted by molar-refractivity contribution is -0.120. The number of unbranched alkanes of at least 4 members (excludes halogenated alkanes) is 1. The predicted octanol–water partition coefficient (Wildman–Crippen LogP) is 3.06. The predicted molar refractivity (Wildman–Crippen MR) is 69.8 cm³/mol. The van der Waals surface area contributed by atoms with Gasteiger partial charge >= 0.3 is 0 Å². The van der Waals surface area contributed by atoms with Gasteiger partial charge < -0.3 is 5.32 Å². The van der Waals surface area contributed by atoms with Gasteiger partial charge in [0, 0.05) is 24.7 Å². The van der Waals surface area contributed by atoms with Gasteiger partial charge in [-0.2, -0.15) is 5.10 Å². The molecule has 0 aliphatic carbocycles. The highest BCUT2D eigenvalue weighted by Crippen LogP contribution is 2.15. The summed E-state index contributed by atoms with van der Waals surface area (Å²) in [5.74, 6) is 0.871. The number of nitrogens with zero attached hydrogens (tertiary/aromatic N) is 2. The molecule has 4 heteroatoms. The second kappa shape index (κ2) is 7.09. The molecule has 1 aromatic heterocycles. The first-order chi connectivity index (χ1) is 8.21. The van der Waals surface area contributed by atoms with Crippen LogP contribution in [0, 0.1) is 5.92 Å². The summed E-state index contributed by atoms with van der Waals surface area (Å²) in [5, 5.41) is 7.14. The molecule has 0 aromatic carbocycles. The second-order valence-corrected chi connectivity index (χ2v) is 4.29. The average Bonchev–Trinajstić information content (AvgIpc) is 2.77.